The molecule has 0 radical (unpaired) electrons. The van der Waals surface area contributed by atoms with Gasteiger partial charge in [-0.2, -0.15) is 0 Å². The van der Waals surface area contributed by atoms with Gasteiger partial charge >= 0.3 is 0 Å². The van der Waals surface area contributed by atoms with Gasteiger partial charge < -0.3 is 0 Å². The van der Waals surface area contributed by atoms with E-state index >= 15 is 0 Å². The van der Waals surface area contributed by atoms with Gasteiger partial charge in [0.15, 0.2) is 0 Å². The lowest BCUT2D eigenvalue weighted by Gasteiger charge is -2.28. The highest BCUT2D eigenvalue weighted by Gasteiger charge is 2.20. The van der Waals surface area contributed by atoms with Crippen LogP contribution in [0.3, 0.4) is 0 Å². The largest absolute Gasteiger partial charge is 0.103 e. The molecule has 182 valence electrons. The molecule has 2 aromatic carbocycles. The highest BCUT2D eigenvalue weighted by atomic mass is 14.3. The van der Waals surface area contributed by atoms with Crippen LogP contribution in [-0.4, -0.2) is 0 Å². The summed E-state index contributed by atoms with van der Waals surface area (Å²) in [6, 6.07) is 17.4. The van der Waals surface area contributed by atoms with Crippen molar-refractivity contribution in [2.75, 3.05) is 0 Å². The number of aryl methyl sites for hydroxylation is 1. The molecule has 0 bridgehead atoms. The zero-order chi connectivity index (χ0) is 23.8. The number of allylic oxidation sites excluding steroid dienone is 1. The quantitative estimate of drug-likeness (QED) is 0.160. The Kier molecular flexibility index (Phi) is 12.1. The molecule has 1 aliphatic carbocycles. The van der Waals surface area contributed by atoms with E-state index in [0.717, 1.165) is 29.4 Å². The van der Waals surface area contributed by atoms with Gasteiger partial charge in [0, 0.05) is 11.1 Å². The Morgan fingerprint density at radius 2 is 1.18 bits per heavy atom. The van der Waals surface area contributed by atoms with Gasteiger partial charge in [-0.15, -0.1) is 6.58 Å². The van der Waals surface area contributed by atoms with Gasteiger partial charge in [0.2, 0.25) is 0 Å². The van der Waals surface area contributed by atoms with Crippen LogP contribution in [0.1, 0.15) is 113 Å². The maximum atomic E-state index is 3.80. The molecule has 3 rings (SSSR count). The van der Waals surface area contributed by atoms with E-state index in [1.165, 1.54) is 101 Å². The van der Waals surface area contributed by atoms with Gasteiger partial charge in [0.25, 0.3) is 0 Å². The molecule has 0 saturated heterocycles. The fraction of sp³-hybridized carbons (Fsp3) is 0.529. The maximum absolute atomic E-state index is 3.80. The highest BCUT2D eigenvalue weighted by Crippen LogP contribution is 2.34. The second kappa shape index (κ2) is 15.6. The van der Waals surface area contributed by atoms with Crippen LogP contribution in [0.4, 0.5) is 0 Å². The van der Waals surface area contributed by atoms with Gasteiger partial charge in [-0.05, 0) is 66.5 Å². The van der Waals surface area contributed by atoms with Crippen molar-refractivity contribution in [1.29, 1.82) is 0 Å². The average molecular weight is 455 g/mol. The SMILES string of the molecule is C=CCc1ccc(C#Cc2ccc(CCC3CCC(CCCCCCCCC)CC3)cc2)cc1. The number of hydrogen-bond donors (Lipinski definition) is 0. The molecular formula is C34H46. The molecule has 2 aromatic rings. The van der Waals surface area contributed by atoms with Crippen molar-refractivity contribution >= 4 is 0 Å². The van der Waals surface area contributed by atoms with Crippen molar-refractivity contribution in [3.05, 3.63) is 83.4 Å². The Hall–Kier alpha value is -2.26. The lowest BCUT2D eigenvalue weighted by Crippen LogP contribution is -2.15. The molecule has 1 fully saturated rings. The fourth-order valence-corrected chi connectivity index (χ4v) is 5.36. The standard InChI is InChI=1S/C34H46/c1-3-5-6-7-8-9-10-12-30-15-19-32(20-16-30)22-24-34-27-25-33(26-28-34)23-21-31-17-13-29(11-4-2)14-18-31/h4,13-14,17-18,25-28,30,32H,2-3,5-12,15-16,19-20,22,24H2,1H3. The highest BCUT2D eigenvalue weighted by molar-refractivity contribution is 5.44. The molecular weight excluding hydrogens is 408 g/mol. The van der Waals surface area contributed by atoms with Gasteiger partial charge in [0.1, 0.15) is 0 Å². The van der Waals surface area contributed by atoms with Crippen LogP contribution >= 0.6 is 0 Å². The molecule has 0 N–H and O–H groups in total. The summed E-state index contributed by atoms with van der Waals surface area (Å²) in [6.07, 6.45) is 22.8. The van der Waals surface area contributed by atoms with Crippen LogP contribution in [-0.2, 0) is 12.8 Å². The summed E-state index contributed by atoms with van der Waals surface area (Å²) in [6.45, 7) is 6.10. The lowest BCUT2D eigenvalue weighted by atomic mass is 9.77. The smallest absolute Gasteiger partial charge is 0.0249 e. The van der Waals surface area contributed by atoms with Crippen LogP contribution in [0.25, 0.3) is 0 Å². The number of hydrogen-bond acceptors (Lipinski definition) is 0. The Labute approximate surface area is 210 Å². The molecule has 0 aromatic heterocycles. The van der Waals surface area contributed by atoms with Gasteiger partial charge in [0.05, 0.1) is 0 Å². The van der Waals surface area contributed by atoms with Crippen LogP contribution < -0.4 is 0 Å². The molecule has 34 heavy (non-hydrogen) atoms. The zero-order valence-electron chi connectivity index (χ0n) is 21.7. The predicted molar refractivity (Wildman–Crippen MR) is 149 cm³/mol. The van der Waals surface area contributed by atoms with Crippen molar-refractivity contribution in [2.24, 2.45) is 11.8 Å². The van der Waals surface area contributed by atoms with E-state index in [2.05, 4.69) is 73.9 Å². The van der Waals surface area contributed by atoms with Crippen molar-refractivity contribution < 1.29 is 0 Å². The van der Waals surface area contributed by atoms with Gasteiger partial charge in [-0.25, -0.2) is 0 Å². The molecule has 0 atom stereocenters. The molecule has 1 aliphatic rings. The van der Waals surface area contributed by atoms with Crippen LogP contribution in [0.2, 0.25) is 0 Å². The fourth-order valence-electron chi connectivity index (χ4n) is 5.36. The second-order valence-corrected chi connectivity index (χ2v) is 10.5. The van der Waals surface area contributed by atoms with Gasteiger partial charge in [-0.3, -0.25) is 0 Å². The Morgan fingerprint density at radius 1 is 0.676 bits per heavy atom. The Balaban J connectivity index is 1.31. The van der Waals surface area contributed by atoms with E-state index in [1.54, 1.807) is 0 Å². The number of benzene rings is 2. The third-order valence-electron chi connectivity index (χ3n) is 7.66. The first-order valence-corrected chi connectivity index (χ1v) is 14.1. The first-order valence-electron chi connectivity index (χ1n) is 14.1. The molecule has 0 unspecified atom stereocenters. The lowest BCUT2D eigenvalue weighted by molar-refractivity contribution is 0.248. The van der Waals surface area contributed by atoms with E-state index in [1.807, 2.05) is 6.08 Å². The van der Waals surface area contributed by atoms with Crippen LogP contribution in [0, 0.1) is 23.7 Å². The van der Waals surface area contributed by atoms with Crippen molar-refractivity contribution in [1.82, 2.24) is 0 Å². The van der Waals surface area contributed by atoms with E-state index in [-0.39, 0.29) is 0 Å². The number of rotatable bonds is 13. The summed E-state index contributed by atoms with van der Waals surface area (Å²) in [4.78, 5) is 0. The minimum absolute atomic E-state index is 0.913. The molecule has 0 nitrogen and oxygen atoms in total. The zero-order valence-corrected chi connectivity index (χ0v) is 21.7. The van der Waals surface area contributed by atoms with E-state index in [0.29, 0.717) is 0 Å². The third-order valence-corrected chi connectivity index (χ3v) is 7.66. The van der Waals surface area contributed by atoms with E-state index < -0.39 is 0 Å². The summed E-state index contributed by atoms with van der Waals surface area (Å²) in [7, 11) is 0. The maximum Gasteiger partial charge on any atom is 0.0249 e. The second-order valence-electron chi connectivity index (χ2n) is 10.5. The molecule has 0 spiro atoms. The first-order chi connectivity index (χ1) is 16.8. The molecule has 0 aliphatic heterocycles. The summed E-state index contributed by atoms with van der Waals surface area (Å²) < 4.78 is 0. The minimum atomic E-state index is 0.913. The third kappa shape index (κ3) is 9.93. The average Bonchev–Trinajstić information content (AvgIpc) is 2.88. The molecule has 1 saturated carbocycles. The van der Waals surface area contributed by atoms with Gasteiger partial charge in [-0.1, -0.05) is 126 Å². The number of unbranched alkanes of at least 4 members (excludes halogenated alkanes) is 6. The summed E-state index contributed by atoms with van der Waals surface area (Å²) in [5, 5.41) is 0. The monoisotopic (exact) mass is 454 g/mol. The minimum Gasteiger partial charge on any atom is -0.103 e. The Bertz CT molecular complexity index is 866. The molecule has 0 heterocycles. The molecule has 0 heteroatoms. The summed E-state index contributed by atoms with van der Waals surface area (Å²) in [5.74, 6) is 8.56. The summed E-state index contributed by atoms with van der Waals surface area (Å²) in [5.41, 5.74) is 4.92. The topological polar surface area (TPSA) is 0 Å². The van der Waals surface area contributed by atoms with E-state index in [9.17, 15) is 0 Å². The van der Waals surface area contributed by atoms with Crippen molar-refractivity contribution in [3.8, 4) is 11.8 Å². The van der Waals surface area contributed by atoms with E-state index in [4.69, 9.17) is 0 Å². The van der Waals surface area contributed by atoms with Crippen molar-refractivity contribution in [3.63, 3.8) is 0 Å². The summed E-state index contributed by atoms with van der Waals surface area (Å²) >= 11 is 0. The Morgan fingerprint density at radius 3 is 1.74 bits per heavy atom. The molecule has 0 amide bonds. The van der Waals surface area contributed by atoms with Crippen LogP contribution in [0.15, 0.2) is 61.2 Å². The first kappa shape index (κ1) is 26.3. The van der Waals surface area contributed by atoms with Crippen molar-refractivity contribution in [2.45, 2.75) is 103 Å². The normalized spacial score (nSPS) is 17.7. The predicted octanol–water partition coefficient (Wildman–Crippen LogP) is 9.69. The van der Waals surface area contributed by atoms with Crippen LogP contribution in [0.5, 0.6) is 0 Å².